The lowest BCUT2D eigenvalue weighted by Crippen LogP contribution is -2.22. The molecular formula is C16H14BrF2N3O3S. The predicted molar refractivity (Wildman–Crippen MR) is 95.9 cm³/mol. The van der Waals surface area contributed by atoms with Gasteiger partial charge in [-0.1, -0.05) is 11.8 Å². The molecule has 0 fully saturated rings. The molecule has 0 saturated heterocycles. The summed E-state index contributed by atoms with van der Waals surface area (Å²) in [5.41, 5.74) is 1.32. The molecule has 26 heavy (non-hydrogen) atoms. The number of carbonyl (C=O) groups excluding carboxylic acids is 2. The SMILES string of the molecule is Cc1cc(C)nc(SCC(=O)OCC(=O)Nc2c(F)cc(F)cc2Br)n1. The molecule has 1 heterocycles. The number of carbonyl (C=O) groups is 2. The maximum atomic E-state index is 13.6. The van der Waals surface area contributed by atoms with Gasteiger partial charge in [-0.3, -0.25) is 9.59 Å². The van der Waals surface area contributed by atoms with Crippen molar-refractivity contribution in [1.82, 2.24) is 9.97 Å². The van der Waals surface area contributed by atoms with Gasteiger partial charge in [-0.25, -0.2) is 18.7 Å². The summed E-state index contributed by atoms with van der Waals surface area (Å²) in [4.78, 5) is 31.8. The van der Waals surface area contributed by atoms with Crippen molar-refractivity contribution in [2.75, 3.05) is 17.7 Å². The number of nitrogens with zero attached hydrogens (tertiary/aromatic N) is 2. The van der Waals surface area contributed by atoms with Crippen LogP contribution >= 0.6 is 27.7 Å². The van der Waals surface area contributed by atoms with E-state index in [1.165, 1.54) is 0 Å². The number of ether oxygens (including phenoxy) is 1. The molecular weight excluding hydrogens is 432 g/mol. The number of hydrogen-bond donors (Lipinski definition) is 1. The third-order valence-electron chi connectivity index (χ3n) is 2.92. The Morgan fingerprint density at radius 3 is 2.46 bits per heavy atom. The van der Waals surface area contributed by atoms with E-state index in [0.717, 1.165) is 29.2 Å². The molecule has 1 N–H and O–H groups in total. The summed E-state index contributed by atoms with van der Waals surface area (Å²) in [7, 11) is 0. The normalized spacial score (nSPS) is 10.5. The van der Waals surface area contributed by atoms with Gasteiger partial charge in [0.25, 0.3) is 5.91 Å². The van der Waals surface area contributed by atoms with E-state index in [-0.39, 0.29) is 15.9 Å². The highest BCUT2D eigenvalue weighted by molar-refractivity contribution is 9.10. The van der Waals surface area contributed by atoms with Crippen LogP contribution in [0.15, 0.2) is 27.8 Å². The van der Waals surface area contributed by atoms with Crippen molar-refractivity contribution in [3.63, 3.8) is 0 Å². The molecule has 1 amide bonds. The van der Waals surface area contributed by atoms with Crippen LogP contribution in [0.3, 0.4) is 0 Å². The molecule has 10 heteroatoms. The molecule has 0 saturated carbocycles. The van der Waals surface area contributed by atoms with E-state index in [2.05, 4.69) is 31.2 Å². The maximum absolute atomic E-state index is 13.6. The molecule has 2 aromatic rings. The Labute approximate surface area is 160 Å². The van der Waals surface area contributed by atoms with Crippen LogP contribution in [-0.4, -0.2) is 34.2 Å². The molecule has 0 bridgehead atoms. The number of rotatable bonds is 6. The summed E-state index contributed by atoms with van der Waals surface area (Å²) < 4.78 is 31.5. The lowest BCUT2D eigenvalue weighted by Gasteiger charge is -2.09. The number of anilines is 1. The van der Waals surface area contributed by atoms with Gasteiger partial charge < -0.3 is 10.1 Å². The Morgan fingerprint density at radius 1 is 1.19 bits per heavy atom. The first-order valence-electron chi connectivity index (χ1n) is 7.29. The Morgan fingerprint density at radius 2 is 1.85 bits per heavy atom. The first-order chi connectivity index (χ1) is 12.2. The number of halogens is 3. The van der Waals surface area contributed by atoms with Crippen molar-refractivity contribution in [2.24, 2.45) is 0 Å². The topological polar surface area (TPSA) is 81.2 Å². The molecule has 2 rings (SSSR count). The van der Waals surface area contributed by atoms with Crippen molar-refractivity contribution in [2.45, 2.75) is 19.0 Å². The van der Waals surface area contributed by atoms with Gasteiger partial charge in [0.1, 0.15) is 5.82 Å². The molecule has 0 unspecified atom stereocenters. The molecule has 6 nitrogen and oxygen atoms in total. The zero-order chi connectivity index (χ0) is 19.3. The van der Waals surface area contributed by atoms with Crippen LogP contribution in [0.25, 0.3) is 0 Å². The first-order valence-corrected chi connectivity index (χ1v) is 9.07. The number of esters is 1. The zero-order valence-electron chi connectivity index (χ0n) is 13.8. The number of aryl methyl sites for hydroxylation is 2. The second-order valence-electron chi connectivity index (χ2n) is 5.18. The van der Waals surface area contributed by atoms with Gasteiger partial charge in [0.05, 0.1) is 11.4 Å². The molecule has 0 aliphatic carbocycles. The number of nitrogens with one attached hydrogen (secondary N) is 1. The largest absolute Gasteiger partial charge is 0.455 e. The number of aromatic nitrogens is 2. The van der Waals surface area contributed by atoms with E-state index in [9.17, 15) is 18.4 Å². The van der Waals surface area contributed by atoms with E-state index >= 15 is 0 Å². The fourth-order valence-electron chi connectivity index (χ4n) is 1.91. The third-order valence-corrected chi connectivity index (χ3v) is 4.36. The highest BCUT2D eigenvalue weighted by Gasteiger charge is 2.15. The van der Waals surface area contributed by atoms with Gasteiger partial charge in [0.2, 0.25) is 0 Å². The van der Waals surface area contributed by atoms with Crippen LogP contribution in [0.2, 0.25) is 0 Å². The van der Waals surface area contributed by atoms with Crippen LogP contribution in [0.5, 0.6) is 0 Å². The molecule has 0 aliphatic rings. The first kappa shape index (κ1) is 20.2. The molecule has 0 aliphatic heterocycles. The summed E-state index contributed by atoms with van der Waals surface area (Å²) in [6, 6.07) is 3.44. The van der Waals surface area contributed by atoms with Gasteiger partial charge in [-0.05, 0) is 41.9 Å². The molecule has 0 radical (unpaired) electrons. The summed E-state index contributed by atoms with van der Waals surface area (Å²) in [6.07, 6.45) is 0. The van der Waals surface area contributed by atoms with E-state index in [1.54, 1.807) is 6.07 Å². The minimum Gasteiger partial charge on any atom is -0.455 e. The number of hydrogen-bond acceptors (Lipinski definition) is 6. The third kappa shape index (κ3) is 6.03. The average molecular weight is 446 g/mol. The van der Waals surface area contributed by atoms with Crippen LogP contribution < -0.4 is 5.32 Å². The molecule has 0 spiro atoms. The standard InChI is InChI=1S/C16H14BrF2N3O3S/c1-8-3-9(2)21-16(20-8)26-7-14(24)25-6-13(23)22-15-11(17)4-10(18)5-12(15)19/h3-5H,6-7H2,1-2H3,(H,22,23). The van der Waals surface area contributed by atoms with E-state index < -0.39 is 30.1 Å². The maximum Gasteiger partial charge on any atom is 0.316 e. The summed E-state index contributed by atoms with van der Waals surface area (Å²) >= 11 is 4.03. The van der Waals surface area contributed by atoms with Crippen LogP contribution in [0.1, 0.15) is 11.4 Å². The Kier molecular flexibility index (Phi) is 7.04. The molecule has 1 aromatic carbocycles. The van der Waals surface area contributed by atoms with Crippen LogP contribution in [0, 0.1) is 25.5 Å². The smallest absolute Gasteiger partial charge is 0.316 e. The van der Waals surface area contributed by atoms with Gasteiger partial charge in [-0.15, -0.1) is 0 Å². The highest BCUT2D eigenvalue weighted by Crippen LogP contribution is 2.26. The van der Waals surface area contributed by atoms with Crippen molar-refractivity contribution in [3.05, 3.63) is 45.7 Å². The fourth-order valence-corrected chi connectivity index (χ4v) is 3.16. The van der Waals surface area contributed by atoms with Crippen molar-refractivity contribution < 1.29 is 23.1 Å². The fraction of sp³-hybridized carbons (Fsp3) is 0.250. The van der Waals surface area contributed by atoms with E-state index in [4.69, 9.17) is 4.74 Å². The monoisotopic (exact) mass is 445 g/mol. The minimum atomic E-state index is -0.945. The van der Waals surface area contributed by atoms with Gasteiger partial charge in [-0.2, -0.15) is 0 Å². The van der Waals surface area contributed by atoms with Gasteiger partial charge in [0, 0.05) is 21.9 Å². The summed E-state index contributed by atoms with van der Waals surface area (Å²) in [5, 5.41) is 2.65. The van der Waals surface area contributed by atoms with Crippen molar-refractivity contribution >= 4 is 45.3 Å². The molecule has 0 atom stereocenters. The number of thioether (sulfide) groups is 1. The van der Waals surface area contributed by atoms with Crippen LogP contribution in [-0.2, 0) is 14.3 Å². The predicted octanol–water partition coefficient (Wildman–Crippen LogP) is 3.41. The minimum absolute atomic E-state index is 0.0391. The molecule has 138 valence electrons. The quantitative estimate of drug-likeness (QED) is 0.416. The Hall–Kier alpha value is -2.07. The van der Waals surface area contributed by atoms with Crippen molar-refractivity contribution in [1.29, 1.82) is 0 Å². The second kappa shape index (κ2) is 9.04. The summed E-state index contributed by atoms with van der Waals surface area (Å²) in [6.45, 7) is 3.03. The highest BCUT2D eigenvalue weighted by atomic mass is 79.9. The Bertz CT molecular complexity index is 808. The van der Waals surface area contributed by atoms with Gasteiger partial charge in [0.15, 0.2) is 17.6 Å². The Balaban J connectivity index is 1.82. The van der Waals surface area contributed by atoms with Crippen LogP contribution in [0.4, 0.5) is 14.5 Å². The summed E-state index contributed by atoms with van der Waals surface area (Å²) in [5.74, 6) is -3.21. The van der Waals surface area contributed by atoms with Crippen molar-refractivity contribution in [3.8, 4) is 0 Å². The zero-order valence-corrected chi connectivity index (χ0v) is 16.2. The average Bonchev–Trinajstić information content (AvgIpc) is 2.53. The van der Waals surface area contributed by atoms with E-state index in [0.29, 0.717) is 11.2 Å². The lowest BCUT2D eigenvalue weighted by atomic mass is 10.3. The molecule has 1 aromatic heterocycles. The lowest BCUT2D eigenvalue weighted by molar-refractivity contribution is -0.144. The number of benzene rings is 1. The number of amides is 1. The second-order valence-corrected chi connectivity index (χ2v) is 6.97. The van der Waals surface area contributed by atoms with E-state index in [1.807, 2.05) is 13.8 Å². The van der Waals surface area contributed by atoms with Gasteiger partial charge >= 0.3 is 5.97 Å².